The number of carboxylic acids is 1. The van der Waals surface area contributed by atoms with Gasteiger partial charge in [0, 0.05) is 16.5 Å². The fourth-order valence-electron chi connectivity index (χ4n) is 1.03. The minimum atomic E-state index is -1.19. The molecule has 0 fully saturated rings. The highest BCUT2D eigenvalue weighted by molar-refractivity contribution is 7.08. The van der Waals surface area contributed by atoms with Crippen LogP contribution in [-0.4, -0.2) is 23.0 Å². The summed E-state index contributed by atoms with van der Waals surface area (Å²) >= 11 is 1.40. The van der Waals surface area contributed by atoms with Crippen molar-refractivity contribution in [3.63, 3.8) is 0 Å². The molecule has 0 unspecified atom stereocenters. The molecule has 1 heterocycles. The molecule has 18 heavy (non-hydrogen) atoms. The first-order valence-electron chi connectivity index (χ1n) is 4.97. The summed E-state index contributed by atoms with van der Waals surface area (Å²) in [6, 6.07) is 0.982. The van der Waals surface area contributed by atoms with E-state index in [1.165, 1.54) is 25.2 Å². The van der Waals surface area contributed by atoms with Gasteiger partial charge in [-0.25, -0.2) is 9.59 Å². The van der Waals surface area contributed by atoms with Gasteiger partial charge in [0.05, 0.1) is 5.69 Å². The van der Waals surface area contributed by atoms with Gasteiger partial charge in [-0.05, 0) is 25.3 Å². The van der Waals surface area contributed by atoms with Crippen molar-refractivity contribution in [1.82, 2.24) is 5.32 Å². The highest BCUT2D eigenvalue weighted by Crippen LogP contribution is 2.11. The fourth-order valence-corrected chi connectivity index (χ4v) is 1.61. The summed E-state index contributed by atoms with van der Waals surface area (Å²) in [6.07, 6.45) is 0. The SMILES string of the molecule is CC(C(=O)O)=C(C)C(=O)NC(=O)Nc1ccsc1. The molecule has 6 nitrogen and oxygen atoms in total. The lowest BCUT2D eigenvalue weighted by Crippen LogP contribution is -2.35. The molecule has 0 aliphatic rings. The van der Waals surface area contributed by atoms with E-state index in [9.17, 15) is 14.4 Å². The highest BCUT2D eigenvalue weighted by atomic mass is 32.1. The Bertz CT molecular complexity index is 505. The number of carbonyl (C=O) groups excluding carboxylic acids is 2. The van der Waals surface area contributed by atoms with Crippen molar-refractivity contribution >= 4 is 34.9 Å². The van der Waals surface area contributed by atoms with Gasteiger partial charge in [-0.1, -0.05) is 0 Å². The third-order valence-corrected chi connectivity index (χ3v) is 2.91. The minimum absolute atomic E-state index is 0.0111. The van der Waals surface area contributed by atoms with Crippen LogP contribution in [0.5, 0.6) is 0 Å². The van der Waals surface area contributed by atoms with Crippen molar-refractivity contribution < 1.29 is 19.5 Å². The van der Waals surface area contributed by atoms with E-state index < -0.39 is 17.9 Å². The average molecular weight is 268 g/mol. The van der Waals surface area contributed by atoms with Gasteiger partial charge < -0.3 is 10.4 Å². The second-order valence-corrected chi connectivity index (χ2v) is 4.26. The lowest BCUT2D eigenvalue weighted by molar-refractivity contribution is -0.133. The van der Waals surface area contributed by atoms with Crippen LogP contribution in [0.2, 0.25) is 0 Å². The zero-order valence-electron chi connectivity index (χ0n) is 9.81. The monoisotopic (exact) mass is 268 g/mol. The normalized spacial score (nSPS) is 11.4. The van der Waals surface area contributed by atoms with Crippen LogP contribution in [-0.2, 0) is 9.59 Å². The first-order valence-corrected chi connectivity index (χ1v) is 5.91. The summed E-state index contributed by atoms with van der Waals surface area (Å²) in [7, 11) is 0. The van der Waals surface area contributed by atoms with E-state index in [1.54, 1.807) is 16.8 Å². The van der Waals surface area contributed by atoms with Crippen LogP contribution < -0.4 is 10.6 Å². The van der Waals surface area contributed by atoms with E-state index >= 15 is 0 Å². The summed E-state index contributed by atoms with van der Waals surface area (Å²) in [5, 5.41) is 16.7. The second-order valence-electron chi connectivity index (χ2n) is 3.48. The number of rotatable bonds is 3. The van der Waals surface area contributed by atoms with Gasteiger partial charge in [-0.3, -0.25) is 10.1 Å². The number of aliphatic carboxylic acids is 1. The number of nitrogens with one attached hydrogen (secondary N) is 2. The number of carboxylic acid groups (broad SMARTS) is 1. The number of imide groups is 1. The predicted molar refractivity (Wildman–Crippen MR) is 67.5 cm³/mol. The van der Waals surface area contributed by atoms with Crippen LogP contribution >= 0.6 is 11.3 Å². The summed E-state index contributed by atoms with van der Waals surface area (Å²) < 4.78 is 0. The molecule has 0 atom stereocenters. The first kappa shape index (κ1) is 13.9. The van der Waals surface area contributed by atoms with Crippen LogP contribution in [0.25, 0.3) is 0 Å². The zero-order chi connectivity index (χ0) is 13.7. The van der Waals surface area contributed by atoms with Crippen molar-refractivity contribution in [3.8, 4) is 0 Å². The first-order chi connectivity index (χ1) is 8.41. The maximum Gasteiger partial charge on any atom is 0.331 e. The molecule has 0 aromatic carbocycles. The molecule has 1 aromatic rings. The molecular weight excluding hydrogens is 256 g/mol. The molecule has 0 aliphatic heterocycles. The topological polar surface area (TPSA) is 95.5 Å². The van der Waals surface area contributed by atoms with Crippen LogP contribution in [0, 0.1) is 0 Å². The van der Waals surface area contributed by atoms with Crippen LogP contribution in [0.15, 0.2) is 28.0 Å². The summed E-state index contributed by atoms with van der Waals surface area (Å²) in [6.45, 7) is 2.64. The van der Waals surface area contributed by atoms with Crippen LogP contribution in [0.3, 0.4) is 0 Å². The van der Waals surface area contributed by atoms with Gasteiger partial charge in [0.1, 0.15) is 0 Å². The number of urea groups is 1. The van der Waals surface area contributed by atoms with Gasteiger partial charge >= 0.3 is 12.0 Å². The molecule has 96 valence electrons. The molecule has 3 amide bonds. The molecule has 3 N–H and O–H groups in total. The Balaban J connectivity index is 2.63. The van der Waals surface area contributed by atoms with E-state index in [4.69, 9.17) is 5.11 Å². The summed E-state index contributed by atoms with van der Waals surface area (Å²) in [4.78, 5) is 33.6. The van der Waals surface area contributed by atoms with Crippen molar-refractivity contribution in [2.45, 2.75) is 13.8 Å². The van der Waals surface area contributed by atoms with Gasteiger partial charge in [-0.2, -0.15) is 11.3 Å². The van der Waals surface area contributed by atoms with Crippen molar-refractivity contribution in [2.24, 2.45) is 0 Å². The van der Waals surface area contributed by atoms with Crippen LogP contribution in [0.4, 0.5) is 10.5 Å². The molecule has 0 bridgehead atoms. The van der Waals surface area contributed by atoms with E-state index in [-0.39, 0.29) is 11.1 Å². The molecular formula is C11H12N2O4S. The van der Waals surface area contributed by atoms with E-state index in [0.29, 0.717) is 5.69 Å². The Morgan fingerprint density at radius 1 is 1.22 bits per heavy atom. The Labute approximate surface area is 107 Å². The van der Waals surface area contributed by atoms with Crippen molar-refractivity contribution in [2.75, 3.05) is 5.32 Å². The van der Waals surface area contributed by atoms with Gasteiger partial charge in [0.25, 0.3) is 5.91 Å². The number of hydrogen-bond donors (Lipinski definition) is 3. The van der Waals surface area contributed by atoms with Gasteiger partial charge in [0.2, 0.25) is 0 Å². The maximum absolute atomic E-state index is 11.5. The molecule has 0 saturated carbocycles. The van der Waals surface area contributed by atoms with Crippen molar-refractivity contribution in [3.05, 3.63) is 28.0 Å². The fraction of sp³-hybridized carbons (Fsp3) is 0.182. The van der Waals surface area contributed by atoms with E-state index in [0.717, 1.165) is 0 Å². The van der Waals surface area contributed by atoms with Crippen LogP contribution in [0.1, 0.15) is 13.8 Å². The number of amides is 3. The quantitative estimate of drug-likeness (QED) is 0.728. The third kappa shape index (κ3) is 3.70. The third-order valence-electron chi connectivity index (χ3n) is 2.23. The Morgan fingerprint density at radius 3 is 2.39 bits per heavy atom. The average Bonchev–Trinajstić information content (AvgIpc) is 2.79. The van der Waals surface area contributed by atoms with Gasteiger partial charge in [0.15, 0.2) is 0 Å². The minimum Gasteiger partial charge on any atom is -0.478 e. The number of anilines is 1. The Kier molecular flexibility index (Phi) is 4.61. The molecule has 0 radical (unpaired) electrons. The predicted octanol–water partition coefficient (Wildman–Crippen LogP) is 1.82. The lowest BCUT2D eigenvalue weighted by atomic mass is 10.1. The van der Waals surface area contributed by atoms with Gasteiger partial charge in [-0.15, -0.1) is 0 Å². The summed E-state index contributed by atoms with van der Waals surface area (Å²) in [5.74, 6) is -1.93. The standard InChI is InChI=1S/C11H12N2O4S/c1-6(7(2)10(15)16)9(14)13-11(17)12-8-3-4-18-5-8/h3-5H,1-2H3,(H,15,16)(H2,12,13,14,17). The van der Waals surface area contributed by atoms with Crippen molar-refractivity contribution in [1.29, 1.82) is 0 Å². The largest absolute Gasteiger partial charge is 0.478 e. The molecule has 0 saturated heterocycles. The molecule has 0 spiro atoms. The Morgan fingerprint density at radius 2 is 1.89 bits per heavy atom. The number of hydrogen-bond acceptors (Lipinski definition) is 4. The van der Waals surface area contributed by atoms with E-state index in [2.05, 4.69) is 5.32 Å². The second kappa shape index (κ2) is 5.97. The molecule has 1 rings (SSSR count). The highest BCUT2D eigenvalue weighted by Gasteiger charge is 2.15. The zero-order valence-corrected chi connectivity index (χ0v) is 10.6. The number of carbonyl (C=O) groups is 3. The summed E-state index contributed by atoms with van der Waals surface area (Å²) in [5.41, 5.74) is 0.459. The smallest absolute Gasteiger partial charge is 0.331 e. The molecule has 1 aromatic heterocycles. The number of thiophene rings is 1. The Hall–Kier alpha value is -2.15. The van der Waals surface area contributed by atoms with E-state index in [1.807, 2.05) is 5.32 Å². The maximum atomic E-state index is 11.5. The molecule has 0 aliphatic carbocycles. The lowest BCUT2D eigenvalue weighted by Gasteiger charge is -2.06. The molecule has 7 heteroatoms.